The number of hydrogen-bond donors (Lipinski definition) is 0. The summed E-state index contributed by atoms with van der Waals surface area (Å²) in [5, 5.41) is 0.689. The number of benzene rings is 1. The Morgan fingerprint density at radius 2 is 2.00 bits per heavy atom. The predicted molar refractivity (Wildman–Crippen MR) is 79.6 cm³/mol. The summed E-state index contributed by atoms with van der Waals surface area (Å²) in [5.41, 5.74) is 1.10. The Morgan fingerprint density at radius 3 is 2.55 bits per heavy atom. The molecule has 1 atom stereocenters. The van der Waals surface area contributed by atoms with Crippen molar-refractivity contribution in [2.45, 2.75) is 12.8 Å². The second-order valence-corrected chi connectivity index (χ2v) is 7.90. The third kappa shape index (κ3) is 3.96. The van der Waals surface area contributed by atoms with Crippen LogP contribution in [0.15, 0.2) is 24.3 Å². The highest BCUT2D eigenvalue weighted by molar-refractivity contribution is 7.91. The van der Waals surface area contributed by atoms with Gasteiger partial charge in [0.2, 0.25) is 5.91 Å². The van der Waals surface area contributed by atoms with Crippen LogP contribution in [-0.4, -0.2) is 44.3 Å². The molecule has 0 saturated carbocycles. The average Bonchev–Trinajstić information content (AvgIpc) is 2.77. The van der Waals surface area contributed by atoms with Gasteiger partial charge in [-0.3, -0.25) is 4.79 Å². The van der Waals surface area contributed by atoms with Crippen LogP contribution in [0.4, 0.5) is 0 Å². The van der Waals surface area contributed by atoms with Crippen molar-refractivity contribution in [1.29, 1.82) is 0 Å². The van der Waals surface area contributed by atoms with Crippen LogP contribution in [0.3, 0.4) is 0 Å². The van der Waals surface area contributed by atoms with Crippen molar-refractivity contribution < 1.29 is 13.2 Å². The molecule has 1 unspecified atom stereocenters. The van der Waals surface area contributed by atoms with Gasteiger partial charge >= 0.3 is 0 Å². The lowest BCUT2D eigenvalue weighted by Gasteiger charge is -2.20. The van der Waals surface area contributed by atoms with E-state index >= 15 is 0 Å². The topological polar surface area (TPSA) is 54.5 Å². The SMILES string of the molecule is CN(CCc1ccc(Cl)cc1)C(=O)C1CCS(=O)(=O)C1. The number of sulfone groups is 1. The van der Waals surface area contributed by atoms with Crippen LogP contribution in [0.1, 0.15) is 12.0 Å². The Kier molecular flexibility index (Phi) is 4.70. The molecule has 0 aliphatic carbocycles. The minimum atomic E-state index is -3.01. The van der Waals surface area contributed by atoms with Gasteiger partial charge in [0.15, 0.2) is 9.84 Å². The molecule has 1 aliphatic rings. The smallest absolute Gasteiger partial charge is 0.226 e. The van der Waals surface area contributed by atoms with E-state index in [1.807, 2.05) is 24.3 Å². The maximum absolute atomic E-state index is 12.1. The number of amides is 1. The first kappa shape index (κ1) is 15.3. The number of hydrogen-bond acceptors (Lipinski definition) is 3. The van der Waals surface area contributed by atoms with Gasteiger partial charge in [0.25, 0.3) is 0 Å². The Morgan fingerprint density at radius 1 is 1.35 bits per heavy atom. The number of likely N-dealkylation sites (N-methyl/N-ethyl adjacent to an activating group) is 1. The highest BCUT2D eigenvalue weighted by Crippen LogP contribution is 2.20. The fourth-order valence-corrected chi connectivity index (χ4v) is 4.22. The van der Waals surface area contributed by atoms with E-state index in [9.17, 15) is 13.2 Å². The van der Waals surface area contributed by atoms with E-state index in [0.717, 1.165) is 12.0 Å². The summed E-state index contributed by atoms with van der Waals surface area (Å²) in [7, 11) is -1.28. The zero-order valence-corrected chi connectivity index (χ0v) is 13.0. The zero-order chi connectivity index (χ0) is 14.8. The van der Waals surface area contributed by atoms with Crippen molar-refractivity contribution in [3.63, 3.8) is 0 Å². The third-order valence-electron chi connectivity index (χ3n) is 3.61. The molecule has 0 spiro atoms. The minimum absolute atomic E-state index is 0.00286. The first-order valence-electron chi connectivity index (χ1n) is 6.57. The van der Waals surface area contributed by atoms with E-state index in [4.69, 9.17) is 11.6 Å². The van der Waals surface area contributed by atoms with Crippen molar-refractivity contribution in [2.75, 3.05) is 25.1 Å². The van der Waals surface area contributed by atoms with Crippen LogP contribution < -0.4 is 0 Å². The summed E-state index contributed by atoms with van der Waals surface area (Å²) in [4.78, 5) is 13.8. The van der Waals surface area contributed by atoms with Crippen LogP contribution in [0.25, 0.3) is 0 Å². The van der Waals surface area contributed by atoms with Crippen LogP contribution >= 0.6 is 11.6 Å². The fraction of sp³-hybridized carbons (Fsp3) is 0.500. The van der Waals surface area contributed by atoms with Gasteiger partial charge in [-0.1, -0.05) is 23.7 Å². The Balaban J connectivity index is 1.87. The van der Waals surface area contributed by atoms with E-state index in [1.54, 1.807) is 11.9 Å². The summed E-state index contributed by atoms with van der Waals surface area (Å²) in [6.45, 7) is 0.580. The Labute approximate surface area is 124 Å². The lowest BCUT2D eigenvalue weighted by atomic mass is 10.1. The molecule has 1 amide bonds. The highest BCUT2D eigenvalue weighted by Gasteiger charge is 2.34. The Hall–Kier alpha value is -1.07. The molecule has 1 heterocycles. The van der Waals surface area contributed by atoms with Crippen molar-refractivity contribution in [3.8, 4) is 0 Å². The van der Waals surface area contributed by atoms with Crippen LogP contribution in [0.5, 0.6) is 0 Å². The van der Waals surface area contributed by atoms with Crippen molar-refractivity contribution in [2.24, 2.45) is 5.92 Å². The third-order valence-corrected chi connectivity index (χ3v) is 5.63. The van der Waals surface area contributed by atoms with E-state index < -0.39 is 9.84 Å². The molecule has 0 radical (unpaired) electrons. The number of rotatable bonds is 4. The van der Waals surface area contributed by atoms with Gasteiger partial charge in [-0.15, -0.1) is 0 Å². The first-order valence-corrected chi connectivity index (χ1v) is 8.77. The number of halogens is 1. The molecule has 1 aromatic carbocycles. The van der Waals surface area contributed by atoms with Crippen LogP contribution in [-0.2, 0) is 21.1 Å². The van der Waals surface area contributed by atoms with Gasteiger partial charge < -0.3 is 4.90 Å². The van der Waals surface area contributed by atoms with Crippen molar-refractivity contribution in [3.05, 3.63) is 34.9 Å². The monoisotopic (exact) mass is 315 g/mol. The molecule has 1 aromatic rings. The predicted octanol–water partition coefficient (Wildman–Crippen LogP) is 1.78. The van der Waals surface area contributed by atoms with Gasteiger partial charge in [0.1, 0.15) is 0 Å². The van der Waals surface area contributed by atoms with E-state index in [-0.39, 0.29) is 23.3 Å². The summed E-state index contributed by atoms with van der Waals surface area (Å²) < 4.78 is 22.8. The second-order valence-electron chi connectivity index (χ2n) is 5.24. The fourth-order valence-electron chi connectivity index (χ4n) is 2.36. The molecule has 20 heavy (non-hydrogen) atoms. The van der Waals surface area contributed by atoms with Crippen molar-refractivity contribution >= 4 is 27.3 Å². The van der Waals surface area contributed by atoms with Gasteiger partial charge in [-0.25, -0.2) is 8.42 Å². The molecule has 1 aliphatic heterocycles. The second kappa shape index (κ2) is 6.14. The minimum Gasteiger partial charge on any atom is -0.345 e. The molecule has 4 nitrogen and oxygen atoms in total. The average molecular weight is 316 g/mol. The molecular weight excluding hydrogens is 298 g/mol. The molecule has 110 valence electrons. The molecule has 0 N–H and O–H groups in total. The summed E-state index contributed by atoms with van der Waals surface area (Å²) in [6.07, 6.45) is 1.19. The normalized spacial score (nSPS) is 20.8. The lowest BCUT2D eigenvalue weighted by molar-refractivity contribution is -0.133. The zero-order valence-electron chi connectivity index (χ0n) is 11.4. The number of carbonyl (C=O) groups excluding carboxylic acids is 1. The van der Waals surface area contributed by atoms with Crippen molar-refractivity contribution in [1.82, 2.24) is 4.90 Å². The molecule has 0 bridgehead atoms. The van der Waals surface area contributed by atoms with Gasteiger partial charge in [0, 0.05) is 18.6 Å². The standard InChI is InChI=1S/C14H18ClNO3S/c1-16(8-6-11-2-4-13(15)5-3-11)14(17)12-7-9-20(18,19)10-12/h2-5,12H,6-10H2,1H3. The summed E-state index contributed by atoms with van der Waals surface area (Å²) >= 11 is 5.82. The summed E-state index contributed by atoms with van der Waals surface area (Å²) in [6, 6.07) is 7.51. The van der Waals surface area contributed by atoms with E-state index in [1.165, 1.54) is 0 Å². The van der Waals surface area contributed by atoms with Gasteiger partial charge in [-0.05, 0) is 30.5 Å². The van der Waals surface area contributed by atoms with Gasteiger partial charge in [0.05, 0.1) is 17.4 Å². The quantitative estimate of drug-likeness (QED) is 0.851. The lowest BCUT2D eigenvalue weighted by Crippen LogP contribution is -2.35. The molecule has 0 aromatic heterocycles. The van der Waals surface area contributed by atoms with E-state index in [2.05, 4.69) is 0 Å². The van der Waals surface area contributed by atoms with Gasteiger partial charge in [-0.2, -0.15) is 0 Å². The first-order chi connectivity index (χ1) is 9.37. The molecule has 1 fully saturated rings. The summed E-state index contributed by atoms with van der Waals surface area (Å²) in [5.74, 6) is -0.304. The largest absolute Gasteiger partial charge is 0.345 e. The molecule has 2 rings (SSSR count). The van der Waals surface area contributed by atoms with E-state index in [0.29, 0.717) is 18.0 Å². The maximum atomic E-state index is 12.1. The molecular formula is C14H18ClNO3S. The van der Waals surface area contributed by atoms with Crippen LogP contribution in [0.2, 0.25) is 5.02 Å². The maximum Gasteiger partial charge on any atom is 0.226 e. The molecule has 6 heteroatoms. The highest BCUT2D eigenvalue weighted by atomic mass is 35.5. The number of carbonyl (C=O) groups is 1. The molecule has 1 saturated heterocycles. The Bertz CT molecular complexity index is 583. The van der Waals surface area contributed by atoms with Crippen LogP contribution in [0, 0.1) is 5.92 Å². The number of nitrogens with zero attached hydrogens (tertiary/aromatic N) is 1.